The first-order valence-electron chi connectivity index (χ1n) is 7.60. The third-order valence-corrected chi connectivity index (χ3v) is 4.27. The highest BCUT2D eigenvalue weighted by atomic mass is 32.1. The summed E-state index contributed by atoms with van der Waals surface area (Å²) >= 11 is 1.49. The van der Waals surface area contributed by atoms with E-state index in [4.69, 9.17) is 5.73 Å². The molecule has 0 saturated heterocycles. The predicted molar refractivity (Wildman–Crippen MR) is 91.0 cm³/mol. The van der Waals surface area contributed by atoms with Crippen LogP contribution in [-0.2, 0) is 6.42 Å². The molecule has 0 aliphatic rings. The first kappa shape index (κ1) is 16.6. The Morgan fingerprint density at radius 1 is 1.32 bits per heavy atom. The molecule has 4 nitrogen and oxygen atoms in total. The van der Waals surface area contributed by atoms with Crippen molar-refractivity contribution in [1.82, 2.24) is 10.3 Å². The van der Waals surface area contributed by atoms with Crippen LogP contribution >= 0.6 is 11.3 Å². The van der Waals surface area contributed by atoms with Crippen LogP contribution in [0.1, 0.15) is 47.4 Å². The zero-order valence-corrected chi connectivity index (χ0v) is 13.9. The van der Waals surface area contributed by atoms with Crippen molar-refractivity contribution >= 4 is 17.2 Å². The summed E-state index contributed by atoms with van der Waals surface area (Å²) in [7, 11) is 0. The average molecular weight is 317 g/mol. The monoisotopic (exact) mass is 317 g/mol. The van der Waals surface area contributed by atoms with Crippen LogP contribution in [0, 0.1) is 5.92 Å². The number of nitrogens with zero attached hydrogens (tertiary/aromatic N) is 1. The number of nitrogens with one attached hydrogen (secondary N) is 1. The second-order valence-corrected chi connectivity index (χ2v) is 6.67. The van der Waals surface area contributed by atoms with Crippen LogP contribution in [0.15, 0.2) is 35.7 Å². The summed E-state index contributed by atoms with van der Waals surface area (Å²) in [5, 5.41) is 5.82. The van der Waals surface area contributed by atoms with Crippen LogP contribution in [0.2, 0.25) is 0 Å². The van der Waals surface area contributed by atoms with Crippen LogP contribution in [0.3, 0.4) is 0 Å². The molecule has 1 unspecified atom stereocenters. The molecule has 1 aromatic heterocycles. The molecule has 118 valence electrons. The van der Waals surface area contributed by atoms with Gasteiger partial charge in [0.05, 0.1) is 11.0 Å². The van der Waals surface area contributed by atoms with Gasteiger partial charge < -0.3 is 11.1 Å². The van der Waals surface area contributed by atoms with Crippen LogP contribution in [0.4, 0.5) is 0 Å². The molecule has 0 radical (unpaired) electrons. The Labute approximate surface area is 135 Å². The Hall–Kier alpha value is -1.72. The second-order valence-electron chi connectivity index (χ2n) is 5.73. The lowest BCUT2D eigenvalue weighted by Gasteiger charge is -2.20. The van der Waals surface area contributed by atoms with Crippen LogP contribution in [0.5, 0.6) is 0 Å². The van der Waals surface area contributed by atoms with E-state index in [1.165, 1.54) is 11.3 Å². The lowest BCUT2D eigenvalue weighted by molar-refractivity contribution is 0.0927. The Kier molecular flexibility index (Phi) is 6.10. The maximum absolute atomic E-state index is 12.4. The lowest BCUT2D eigenvalue weighted by atomic mass is 9.97. The topological polar surface area (TPSA) is 68.0 Å². The molecule has 22 heavy (non-hydrogen) atoms. The van der Waals surface area contributed by atoms with E-state index in [9.17, 15) is 4.79 Å². The largest absolute Gasteiger partial charge is 0.344 e. The first-order chi connectivity index (χ1) is 10.6. The maximum atomic E-state index is 12.4. The molecule has 0 saturated carbocycles. The van der Waals surface area contributed by atoms with Gasteiger partial charge in [0.15, 0.2) is 0 Å². The summed E-state index contributed by atoms with van der Waals surface area (Å²) < 4.78 is 0. The number of aromatic nitrogens is 1. The molecule has 2 rings (SSSR count). The average Bonchev–Trinajstić information content (AvgIpc) is 2.96. The van der Waals surface area contributed by atoms with Crippen molar-refractivity contribution in [3.8, 4) is 0 Å². The van der Waals surface area contributed by atoms with E-state index >= 15 is 0 Å². The van der Waals surface area contributed by atoms with Crippen molar-refractivity contribution in [1.29, 1.82) is 0 Å². The highest BCUT2D eigenvalue weighted by Crippen LogP contribution is 2.22. The van der Waals surface area contributed by atoms with E-state index in [2.05, 4.69) is 24.1 Å². The summed E-state index contributed by atoms with van der Waals surface area (Å²) in [6.07, 6.45) is 1.61. The maximum Gasteiger partial charge on any atom is 0.271 e. The molecule has 2 aromatic rings. The Balaban J connectivity index is 2.10. The third kappa shape index (κ3) is 4.64. The molecule has 0 bridgehead atoms. The standard InChI is InChI=1S/C17H23N3OS/c1-12(2)10-14(13-6-4-3-5-7-13)20-17(21)15-11-22-16(19-15)8-9-18/h3-7,11-12,14H,8-10,18H2,1-2H3,(H,20,21). The van der Waals surface area contributed by atoms with E-state index in [1.807, 2.05) is 30.3 Å². The second kappa shape index (κ2) is 8.06. The van der Waals surface area contributed by atoms with Gasteiger partial charge in [-0.05, 0) is 24.4 Å². The van der Waals surface area contributed by atoms with Crippen LogP contribution < -0.4 is 11.1 Å². The lowest BCUT2D eigenvalue weighted by Crippen LogP contribution is -2.29. The quantitative estimate of drug-likeness (QED) is 0.824. The van der Waals surface area contributed by atoms with Crippen LogP contribution in [-0.4, -0.2) is 17.4 Å². The van der Waals surface area contributed by atoms with E-state index in [0.29, 0.717) is 24.6 Å². The molecule has 5 heteroatoms. The number of benzene rings is 1. The fourth-order valence-electron chi connectivity index (χ4n) is 2.32. The molecular weight excluding hydrogens is 294 g/mol. The van der Waals surface area contributed by atoms with Crippen molar-refractivity contribution in [3.63, 3.8) is 0 Å². The van der Waals surface area contributed by atoms with Gasteiger partial charge in [-0.3, -0.25) is 4.79 Å². The van der Waals surface area contributed by atoms with Gasteiger partial charge in [-0.1, -0.05) is 44.2 Å². The number of amides is 1. The van der Waals surface area contributed by atoms with Gasteiger partial charge in [-0.25, -0.2) is 4.98 Å². The number of thiazole rings is 1. The smallest absolute Gasteiger partial charge is 0.271 e. The van der Waals surface area contributed by atoms with E-state index in [-0.39, 0.29) is 11.9 Å². The van der Waals surface area contributed by atoms with Crippen molar-refractivity contribution in [3.05, 3.63) is 52.0 Å². The van der Waals surface area contributed by atoms with Crippen molar-refractivity contribution in [2.45, 2.75) is 32.7 Å². The van der Waals surface area contributed by atoms with Gasteiger partial charge >= 0.3 is 0 Å². The molecule has 0 aliphatic heterocycles. The fourth-order valence-corrected chi connectivity index (χ4v) is 3.11. The third-order valence-electron chi connectivity index (χ3n) is 3.36. The zero-order chi connectivity index (χ0) is 15.9. The number of hydrogen-bond donors (Lipinski definition) is 2. The molecule has 0 aliphatic carbocycles. The van der Waals surface area contributed by atoms with E-state index in [0.717, 1.165) is 17.0 Å². The Bertz CT molecular complexity index is 595. The molecule has 1 atom stereocenters. The molecular formula is C17H23N3OS. The van der Waals surface area contributed by atoms with E-state index in [1.54, 1.807) is 5.38 Å². The minimum Gasteiger partial charge on any atom is -0.344 e. The van der Waals surface area contributed by atoms with Gasteiger partial charge in [-0.15, -0.1) is 11.3 Å². The summed E-state index contributed by atoms with van der Waals surface area (Å²) in [6, 6.07) is 10.1. The van der Waals surface area contributed by atoms with Gasteiger partial charge in [0.1, 0.15) is 5.69 Å². The first-order valence-corrected chi connectivity index (χ1v) is 8.48. The van der Waals surface area contributed by atoms with Gasteiger partial charge in [0.2, 0.25) is 0 Å². The zero-order valence-electron chi connectivity index (χ0n) is 13.1. The molecule has 0 spiro atoms. The minimum absolute atomic E-state index is 0.00774. The Morgan fingerprint density at radius 2 is 2.05 bits per heavy atom. The number of nitrogens with two attached hydrogens (primary N) is 1. The summed E-state index contributed by atoms with van der Waals surface area (Å²) in [6.45, 7) is 4.86. The molecule has 1 aromatic carbocycles. The molecule has 3 N–H and O–H groups in total. The number of hydrogen-bond acceptors (Lipinski definition) is 4. The highest BCUT2D eigenvalue weighted by Gasteiger charge is 2.18. The molecule has 1 heterocycles. The van der Waals surface area contributed by atoms with Crippen LogP contribution in [0.25, 0.3) is 0 Å². The highest BCUT2D eigenvalue weighted by molar-refractivity contribution is 7.09. The Morgan fingerprint density at radius 3 is 2.68 bits per heavy atom. The fraction of sp³-hybridized carbons (Fsp3) is 0.412. The number of carbonyl (C=O) groups is 1. The van der Waals surface area contributed by atoms with Gasteiger partial charge in [-0.2, -0.15) is 0 Å². The van der Waals surface area contributed by atoms with Gasteiger partial charge in [0, 0.05) is 11.8 Å². The van der Waals surface area contributed by atoms with Crippen molar-refractivity contribution in [2.24, 2.45) is 11.7 Å². The molecule has 1 amide bonds. The van der Waals surface area contributed by atoms with Crippen molar-refractivity contribution in [2.75, 3.05) is 6.54 Å². The van der Waals surface area contributed by atoms with E-state index < -0.39 is 0 Å². The SMILES string of the molecule is CC(C)CC(NC(=O)c1csc(CCN)n1)c1ccccc1. The number of rotatable bonds is 7. The minimum atomic E-state index is -0.117. The summed E-state index contributed by atoms with van der Waals surface area (Å²) in [4.78, 5) is 16.8. The predicted octanol–water partition coefficient (Wildman–Crippen LogP) is 3.16. The summed E-state index contributed by atoms with van der Waals surface area (Å²) in [5.41, 5.74) is 7.13. The molecule has 0 fully saturated rings. The number of carbonyl (C=O) groups excluding carboxylic acids is 1. The summed E-state index contributed by atoms with van der Waals surface area (Å²) in [5.74, 6) is 0.378. The normalized spacial score (nSPS) is 12.4. The van der Waals surface area contributed by atoms with Crippen molar-refractivity contribution < 1.29 is 4.79 Å². The van der Waals surface area contributed by atoms with Gasteiger partial charge in [0.25, 0.3) is 5.91 Å².